The SMILES string of the molecule is CC(C)(O)[C@@H]1CC[C@@H](Nc2ccc3ncc(-c4ccc(C(F)(F)F)s4)n3n2)CO1. The van der Waals surface area contributed by atoms with E-state index in [-0.39, 0.29) is 12.1 Å². The normalized spacial score (nSPS) is 20.9. The average Bonchev–Trinajstić information content (AvgIpc) is 3.27. The smallest absolute Gasteiger partial charge is 0.388 e. The van der Waals surface area contributed by atoms with E-state index in [9.17, 15) is 18.3 Å². The molecule has 0 saturated carbocycles. The lowest BCUT2D eigenvalue weighted by atomic mass is 9.93. The van der Waals surface area contributed by atoms with E-state index in [1.54, 1.807) is 26.0 Å². The number of aliphatic hydroxyl groups is 1. The van der Waals surface area contributed by atoms with Crippen molar-refractivity contribution in [2.45, 2.75) is 50.6 Å². The fraction of sp³-hybridized carbons (Fsp3) is 0.474. The van der Waals surface area contributed by atoms with E-state index in [2.05, 4.69) is 15.4 Å². The van der Waals surface area contributed by atoms with Gasteiger partial charge in [-0.05, 0) is 51.0 Å². The number of imidazole rings is 1. The van der Waals surface area contributed by atoms with Crippen molar-refractivity contribution in [3.63, 3.8) is 0 Å². The van der Waals surface area contributed by atoms with Gasteiger partial charge in [0.15, 0.2) is 5.65 Å². The number of anilines is 1. The molecule has 2 atom stereocenters. The molecule has 0 bridgehead atoms. The van der Waals surface area contributed by atoms with Crippen molar-refractivity contribution >= 4 is 22.8 Å². The van der Waals surface area contributed by atoms with Crippen molar-refractivity contribution in [3.8, 4) is 10.6 Å². The van der Waals surface area contributed by atoms with E-state index < -0.39 is 16.7 Å². The van der Waals surface area contributed by atoms with Gasteiger partial charge in [-0.25, -0.2) is 9.50 Å². The van der Waals surface area contributed by atoms with Gasteiger partial charge in [-0.1, -0.05) is 0 Å². The van der Waals surface area contributed by atoms with Crippen LogP contribution < -0.4 is 5.32 Å². The molecule has 6 nitrogen and oxygen atoms in total. The van der Waals surface area contributed by atoms with Crippen LogP contribution in [-0.4, -0.2) is 44.1 Å². The molecule has 0 unspecified atom stereocenters. The van der Waals surface area contributed by atoms with Gasteiger partial charge in [0, 0.05) is 0 Å². The molecule has 0 radical (unpaired) electrons. The first-order valence-corrected chi connectivity index (χ1v) is 10.1. The maximum absolute atomic E-state index is 12.9. The third-order valence-electron chi connectivity index (χ3n) is 4.92. The van der Waals surface area contributed by atoms with Gasteiger partial charge in [-0.2, -0.15) is 13.2 Å². The third kappa shape index (κ3) is 4.24. The Hall–Kier alpha value is -2.17. The molecular formula is C19H21F3N4O2S. The molecule has 156 valence electrons. The summed E-state index contributed by atoms with van der Waals surface area (Å²) in [5, 5.41) is 17.9. The van der Waals surface area contributed by atoms with E-state index in [1.807, 2.05) is 0 Å². The van der Waals surface area contributed by atoms with Crippen molar-refractivity contribution in [2.24, 2.45) is 0 Å². The molecule has 1 aliphatic rings. The maximum atomic E-state index is 12.9. The number of thiophene rings is 1. The van der Waals surface area contributed by atoms with Gasteiger partial charge in [0.25, 0.3) is 0 Å². The lowest BCUT2D eigenvalue weighted by Crippen LogP contribution is -2.45. The number of rotatable bonds is 4. The van der Waals surface area contributed by atoms with Gasteiger partial charge < -0.3 is 15.2 Å². The monoisotopic (exact) mass is 426 g/mol. The Morgan fingerprint density at radius 1 is 1.21 bits per heavy atom. The van der Waals surface area contributed by atoms with Crippen LogP contribution in [0.1, 0.15) is 31.6 Å². The number of aromatic nitrogens is 3. The molecule has 2 N–H and O–H groups in total. The summed E-state index contributed by atoms with van der Waals surface area (Å²) in [5.41, 5.74) is 0.171. The summed E-state index contributed by atoms with van der Waals surface area (Å²) in [7, 11) is 0. The highest BCUT2D eigenvalue weighted by Crippen LogP contribution is 2.38. The Balaban J connectivity index is 1.53. The Labute approximate surface area is 169 Å². The molecule has 1 fully saturated rings. The van der Waals surface area contributed by atoms with Crippen LogP contribution >= 0.6 is 11.3 Å². The second kappa shape index (κ2) is 7.26. The summed E-state index contributed by atoms with van der Waals surface area (Å²) in [6.07, 6.45) is -1.53. The quantitative estimate of drug-likeness (QED) is 0.654. The summed E-state index contributed by atoms with van der Waals surface area (Å²) in [4.78, 5) is 4.03. The second-order valence-corrected chi connectivity index (χ2v) is 8.77. The average molecular weight is 426 g/mol. The van der Waals surface area contributed by atoms with Crippen LogP contribution in [0.15, 0.2) is 30.5 Å². The highest BCUT2D eigenvalue weighted by atomic mass is 32.1. The molecule has 29 heavy (non-hydrogen) atoms. The number of halogens is 3. The number of hydrogen-bond acceptors (Lipinski definition) is 6. The van der Waals surface area contributed by atoms with E-state index in [0.29, 0.717) is 40.0 Å². The molecule has 0 aliphatic carbocycles. The van der Waals surface area contributed by atoms with Gasteiger partial charge >= 0.3 is 6.18 Å². The van der Waals surface area contributed by atoms with Gasteiger partial charge in [-0.3, -0.25) is 0 Å². The molecule has 0 aromatic carbocycles. The first-order valence-electron chi connectivity index (χ1n) is 9.24. The minimum atomic E-state index is -4.37. The number of nitrogens with one attached hydrogen (secondary N) is 1. The summed E-state index contributed by atoms with van der Waals surface area (Å²) >= 11 is 0.666. The van der Waals surface area contributed by atoms with E-state index in [0.717, 1.165) is 18.9 Å². The number of alkyl halides is 3. The largest absolute Gasteiger partial charge is 0.425 e. The first kappa shape index (κ1) is 20.1. The Morgan fingerprint density at radius 2 is 2.00 bits per heavy atom. The zero-order valence-corrected chi connectivity index (χ0v) is 16.7. The Bertz CT molecular complexity index is 1000. The summed E-state index contributed by atoms with van der Waals surface area (Å²) in [6.45, 7) is 3.90. The van der Waals surface area contributed by atoms with E-state index in [1.165, 1.54) is 16.8 Å². The molecule has 4 rings (SSSR count). The van der Waals surface area contributed by atoms with Crippen molar-refractivity contribution < 1.29 is 23.0 Å². The molecule has 1 aliphatic heterocycles. The summed E-state index contributed by atoms with van der Waals surface area (Å²) < 4.78 is 46.1. The van der Waals surface area contributed by atoms with Crippen LogP contribution in [0.5, 0.6) is 0 Å². The standard InChI is InChI=1S/C19H21F3N4O2S/c1-18(2,27)14-5-3-11(10-28-14)24-16-7-8-17-23-9-12(26(17)25-16)13-4-6-15(29-13)19(20,21)22/h4,6-9,11,14,27H,3,5,10H2,1-2H3,(H,24,25)/t11-,14+/m1/s1. The predicted molar refractivity (Wildman–Crippen MR) is 104 cm³/mol. The molecule has 0 spiro atoms. The highest BCUT2D eigenvalue weighted by Gasteiger charge is 2.33. The van der Waals surface area contributed by atoms with Crippen molar-refractivity contribution in [1.82, 2.24) is 14.6 Å². The Morgan fingerprint density at radius 3 is 2.62 bits per heavy atom. The molecule has 0 amide bonds. The van der Waals surface area contributed by atoms with Gasteiger partial charge in [0.1, 0.15) is 16.4 Å². The van der Waals surface area contributed by atoms with Crippen LogP contribution in [-0.2, 0) is 10.9 Å². The molecule has 10 heteroatoms. The number of nitrogens with zero attached hydrogens (tertiary/aromatic N) is 3. The van der Waals surface area contributed by atoms with Crippen LogP contribution in [0.2, 0.25) is 0 Å². The zero-order valence-electron chi connectivity index (χ0n) is 15.9. The minimum absolute atomic E-state index is 0.0316. The van der Waals surface area contributed by atoms with Gasteiger partial charge in [0.2, 0.25) is 0 Å². The van der Waals surface area contributed by atoms with Crippen molar-refractivity contribution in [1.29, 1.82) is 0 Å². The molecule has 3 aromatic rings. The van der Waals surface area contributed by atoms with Crippen molar-refractivity contribution in [3.05, 3.63) is 35.3 Å². The topological polar surface area (TPSA) is 71.7 Å². The highest BCUT2D eigenvalue weighted by molar-refractivity contribution is 7.15. The molecule has 4 heterocycles. The Kier molecular flexibility index (Phi) is 5.04. The van der Waals surface area contributed by atoms with Crippen LogP contribution in [0.4, 0.5) is 19.0 Å². The lowest BCUT2D eigenvalue weighted by molar-refractivity contribution is -0.134. The van der Waals surface area contributed by atoms with Crippen LogP contribution in [0.25, 0.3) is 16.2 Å². The summed E-state index contributed by atoms with van der Waals surface area (Å²) in [5.74, 6) is 0.583. The van der Waals surface area contributed by atoms with Gasteiger partial charge in [-0.15, -0.1) is 16.4 Å². The molecule has 3 aromatic heterocycles. The third-order valence-corrected chi connectivity index (χ3v) is 6.07. The number of ether oxygens (including phenoxy) is 1. The first-order chi connectivity index (χ1) is 13.6. The lowest BCUT2D eigenvalue weighted by Gasteiger charge is -2.36. The zero-order chi connectivity index (χ0) is 20.8. The molecular weight excluding hydrogens is 405 g/mol. The fourth-order valence-corrected chi connectivity index (χ4v) is 4.25. The molecule has 1 saturated heterocycles. The second-order valence-electron chi connectivity index (χ2n) is 7.69. The van der Waals surface area contributed by atoms with Gasteiger partial charge in [0.05, 0.1) is 35.4 Å². The maximum Gasteiger partial charge on any atom is 0.425 e. The van der Waals surface area contributed by atoms with E-state index >= 15 is 0 Å². The number of fused-ring (bicyclic) bond motifs is 1. The fourth-order valence-electron chi connectivity index (χ4n) is 3.38. The predicted octanol–water partition coefficient (Wildman–Crippen LogP) is 4.21. The van der Waals surface area contributed by atoms with Crippen LogP contribution in [0, 0.1) is 0 Å². The van der Waals surface area contributed by atoms with E-state index in [4.69, 9.17) is 4.74 Å². The van der Waals surface area contributed by atoms with Crippen molar-refractivity contribution in [2.75, 3.05) is 11.9 Å². The minimum Gasteiger partial charge on any atom is -0.388 e. The number of hydrogen-bond donors (Lipinski definition) is 2. The summed E-state index contributed by atoms with van der Waals surface area (Å²) in [6, 6.07) is 6.08. The van der Waals surface area contributed by atoms with Crippen LogP contribution in [0.3, 0.4) is 0 Å².